The molecule has 21 heteroatoms. The fraction of sp³-hybridized carbons (Fsp3) is 0.380. The van der Waals surface area contributed by atoms with Crippen molar-refractivity contribution in [1.82, 2.24) is 44.8 Å². The molecule has 0 aliphatic carbocycles. The number of carbonyl (C=O) groups excluding carboxylic acids is 4. The van der Waals surface area contributed by atoms with Gasteiger partial charge in [-0.3, -0.25) is 48.9 Å². The zero-order chi connectivity index (χ0) is 49.8. The van der Waals surface area contributed by atoms with E-state index in [4.69, 9.17) is 9.72 Å². The molecule has 1 atom stereocenters. The van der Waals surface area contributed by atoms with Gasteiger partial charge in [0.25, 0.3) is 11.8 Å². The van der Waals surface area contributed by atoms with Gasteiger partial charge in [0, 0.05) is 99.5 Å². The molecule has 2 fully saturated rings. The van der Waals surface area contributed by atoms with Crippen molar-refractivity contribution < 1.29 is 28.5 Å². The standard InChI is InChI=1S/C50H57BrN13O6P/c1-61-30-31(28-56-61)33-26-38(58-50-55-29-34(51)46(60-50)57-37-15-14-36-44(54-20-19-53-36)45(37)71(3,4)69)41(70-2)27-40(33)63-24-22-62(23-25-63)21-10-8-6-5-7-9-18-52-35-13-11-12-32-43(35)49(68)64(48(32)67)39-16-17-42(65)59-47(39)66/h11-15,19-20,26-30,39,52H,5-10,16-18,21-25H2,1-4H3,(H,59,65,66)(H2,55,57,58,60). The molecule has 6 heterocycles. The molecule has 0 spiro atoms. The minimum absolute atomic E-state index is 0.0833. The number of nitrogens with one attached hydrogen (secondary N) is 4. The SMILES string of the molecule is COc1cc(N2CCN(CCCCCCCCNc3cccc4c3C(=O)N(C3CCC(=O)NC3=O)C4=O)CC2)c(-c2cnn(C)c2)cc1Nc1ncc(Br)c(Nc2ccc3nccnc3c2P(C)(C)=O)n1. The van der Waals surface area contributed by atoms with Gasteiger partial charge in [-0.25, -0.2) is 4.98 Å². The molecule has 4 N–H and O–H groups in total. The Morgan fingerprint density at radius 3 is 2.37 bits per heavy atom. The Labute approximate surface area is 420 Å². The van der Waals surface area contributed by atoms with Crippen LogP contribution >= 0.6 is 23.1 Å². The number of carbonyl (C=O) groups is 4. The maximum absolute atomic E-state index is 13.6. The van der Waals surface area contributed by atoms with Gasteiger partial charge in [0.2, 0.25) is 17.8 Å². The molecule has 1 unspecified atom stereocenters. The molecule has 370 valence electrons. The lowest BCUT2D eigenvalue weighted by Gasteiger charge is -2.37. The molecule has 71 heavy (non-hydrogen) atoms. The number of rotatable bonds is 19. The van der Waals surface area contributed by atoms with Crippen molar-refractivity contribution in [3.05, 3.63) is 89.0 Å². The highest BCUT2D eigenvalue weighted by atomic mass is 79.9. The fourth-order valence-corrected chi connectivity index (χ4v) is 11.3. The van der Waals surface area contributed by atoms with Crippen LogP contribution in [0.25, 0.3) is 22.2 Å². The van der Waals surface area contributed by atoms with Gasteiger partial charge in [0.1, 0.15) is 30.3 Å². The summed E-state index contributed by atoms with van der Waals surface area (Å²) in [5.74, 6) is -0.583. The second-order valence-electron chi connectivity index (χ2n) is 18.4. The highest BCUT2D eigenvalue weighted by Crippen LogP contribution is 2.43. The average Bonchev–Trinajstić information content (AvgIpc) is 3.90. The normalized spacial score (nSPS) is 16.4. The molecule has 0 saturated carbocycles. The number of piperidine rings is 1. The van der Waals surface area contributed by atoms with E-state index in [1.807, 2.05) is 31.6 Å². The number of anilines is 6. The second kappa shape index (κ2) is 21.3. The zero-order valence-electron chi connectivity index (χ0n) is 40.2. The van der Waals surface area contributed by atoms with Gasteiger partial charge >= 0.3 is 0 Å². The summed E-state index contributed by atoms with van der Waals surface area (Å²) < 4.78 is 22.0. The molecular formula is C50H57BrN13O6P. The lowest BCUT2D eigenvalue weighted by atomic mass is 10.0. The third-order valence-corrected chi connectivity index (χ3v) is 15.2. The lowest BCUT2D eigenvalue weighted by molar-refractivity contribution is -0.136. The van der Waals surface area contributed by atoms with Crippen LogP contribution in [0.4, 0.5) is 34.5 Å². The highest BCUT2D eigenvalue weighted by molar-refractivity contribution is 9.10. The number of fused-ring (bicyclic) bond motifs is 2. The van der Waals surface area contributed by atoms with E-state index in [9.17, 15) is 23.7 Å². The van der Waals surface area contributed by atoms with Gasteiger partial charge in [-0.15, -0.1) is 0 Å². The molecular weight excluding hydrogens is 990 g/mol. The van der Waals surface area contributed by atoms with E-state index >= 15 is 0 Å². The second-order valence-corrected chi connectivity index (χ2v) is 22.4. The van der Waals surface area contributed by atoms with Crippen LogP contribution in [-0.2, 0) is 21.2 Å². The maximum Gasteiger partial charge on any atom is 0.264 e. The molecule has 3 aromatic heterocycles. The van der Waals surface area contributed by atoms with Gasteiger partial charge in [-0.05, 0) is 85.4 Å². The Morgan fingerprint density at radius 1 is 0.845 bits per heavy atom. The van der Waals surface area contributed by atoms with Crippen LogP contribution in [0.5, 0.6) is 5.75 Å². The Balaban J connectivity index is 0.767. The highest BCUT2D eigenvalue weighted by Gasteiger charge is 2.45. The van der Waals surface area contributed by atoms with E-state index in [1.165, 1.54) is 0 Å². The van der Waals surface area contributed by atoms with Gasteiger partial charge < -0.3 is 30.2 Å². The van der Waals surface area contributed by atoms with E-state index < -0.39 is 36.8 Å². The quantitative estimate of drug-likeness (QED) is 0.0355. The van der Waals surface area contributed by atoms with Crippen LogP contribution < -0.4 is 36.2 Å². The molecule has 3 aliphatic heterocycles. The summed E-state index contributed by atoms with van der Waals surface area (Å²) >= 11 is 3.60. The molecule has 3 aromatic carbocycles. The number of nitrogens with zero attached hydrogens (tertiary/aromatic N) is 9. The molecule has 3 aliphatic rings. The number of amides is 4. The van der Waals surface area contributed by atoms with Crippen molar-refractivity contribution in [2.24, 2.45) is 7.05 Å². The van der Waals surface area contributed by atoms with E-state index in [1.54, 1.807) is 61.9 Å². The minimum atomic E-state index is -2.81. The number of hydrogen-bond acceptors (Lipinski definition) is 16. The number of halogens is 1. The summed E-state index contributed by atoms with van der Waals surface area (Å²) in [7, 11) is 0.751. The average molecular weight is 1050 g/mol. The van der Waals surface area contributed by atoms with Gasteiger partial charge in [0.05, 0.1) is 51.1 Å². The zero-order valence-corrected chi connectivity index (χ0v) is 42.7. The Bertz CT molecular complexity index is 3060. The molecule has 9 rings (SSSR count). The topological polar surface area (TPSA) is 222 Å². The first-order valence-corrected chi connectivity index (χ1v) is 27.3. The summed E-state index contributed by atoms with van der Waals surface area (Å²) in [6.07, 6.45) is 15.4. The number of benzene rings is 3. The van der Waals surface area contributed by atoms with Crippen LogP contribution in [0.1, 0.15) is 72.1 Å². The lowest BCUT2D eigenvalue weighted by Crippen LogP contribution is -2.54. The molecule has 4 amide bonds. The summed E-state index contributed by atoms with van der Waals surface area (Å²) in [6.45, 7) is 8.70. The van der Waals surface area contributed by atoms with Crippen molar-refractivity contribution >= 4 is 97.6 Å². The van der Waals surface area contributed by atoms with E-state index in [-0.39, 0.29) is 24.0 Å². The number of aryl methyl sites for hydroxylation is 1. The van der Waals surface area contributed by atoms with Crippen molar-refractivity contribution in [3.8, 4) is 16.9 Å². The predicted molar refractivity (Wildman–Crippen MR) is 278 cm³/mol. The Morgan fingerprint density at radius 2 is 1.62 bits per heavy atom. The van der Waals surface area contributed by atoms with Crippen LogP contribution in [0.2, 0.25) is 0 Å². The molecule has 19 nitrogen and oxygen atoms in total. The first-order valence-electron chi connectivity index (χ1n) is 23.9. The largest absolute Gasteiger partial charge is 0.494 e. The molecule has 2 saturated heterocycles. The van der Waals surface area contributed by atoms with Crippen LogP contribution in [0, 0.1) is 0 Å². The molecule has 0 bridgehead atoms. The fourth-order valence-electron chi connectivity index (χ4n) is 9.58. The summed E-state index contributed by atoms with van der Waals surface area (Å²) in [6, 6.07) is 12.0. The number of imide groups is 2. The third kappa shape index (κ3) is 10.8. The number of ether oxygens (including phenoxy) is 1. The summed E-state index contributed by atoms with van der Waals surface area (Å²) in [5, 5.41) is 17.5. The first kappa shape index (κ1) is 49.2. The van der Waals surface area contributed by atoms with Crippen LogP contribution in [-0.4, -0.2) is 129 Å². The van der Waals surface area contributed by atoms with Crippen LogP contribution in [0.3, 0.4) is 0 Å². The number of hydrogen-bond donors (Lipinski definition) is 4. The van der Waals surface area contributed by atoms with Crippen molar-refractivity contribution in [1.29, 1.82) is 0 Å². The van der Waals surface area contributed by atoms with Crippen molar-refractivity contribution in [2.75, 3.05) is 80.6 Å². The first-order chi connectivity index (χ1) is 34.3. The molecule has 0 radical (unpaired) electrons. The van der Waals surface area contributed by atoms with Gasteiger partial charge in [0.15, 0.2) is 0 Å². The smallest absolute Gasteiger partial charge is 0.264 e. The number of methoxy groups -OCH3 is 1. The number of unbranched alkanes of at least 4 members (excludes halogenated alkanes) is 5. The Kier molecular flexibility index (Phi) is 14.8. The Hall–Kier alpha value is -6.76. The summed E-state index contributed by atoms with van der Waals surface area (Å²) in [5.41, 5.74) is 6.71. The monoisotopic (exact) mass is 1050 g/mol. The summed E-state index contributed by atoms with van der Waals surface area (Å²) in [4.78, 5) is 75.0. The third-order valence-electron chi connectivity index (χ3n) is 13.1. The van der Waals surface area contributed by atoms with E-state index in [0.717, 1.165) is 93.0 Å². The number of piperazine rings is 1. The number of aromatic nitrogens is 6. The van der Waals surface area contributed by atoms with Gasteiger partial charge in [-0.1, -0.05) is 31.7 Å². The van der Waals surface area contributed by atoms with Crippen LogP contribution in [0.15, 0.2) is 77.9 Å². The predicted octanol–water partition coefficient (Wildman–Crippen LogP) is 7.30. The van der Waals surface area contributed by atoms with E-state index in [2.05, 4.69) is 79.2 Å². The van der Waals surface area contributed by atoms with Crippen molar-refractivity contribution in [3.63, 3.8) is 0 Å². The van der Waals surface area contributed by atoms with Gasteiger partial charge in [-0.2, -0.15) is 10.1 Å². The molecule has 6 aromatic rings. The van der Waals surface area contributed by atoms with Crippen molar-refractivity contribution in [2.45, 2.75) is 57.4 Å². The van der Waals surface area contributed by atoms with E-state index in [0.29, 0.717) is 61.9 Å². The minimum Gasteiger partial charge on any atom is -0.494 e. The maximum atomic E-state index is 13.6.